The molecule has 8 nitrogen and oxygen atoms in total. The molecule has 2 aromatic rings. The van der Waals surface area contributed by atoms with Gasteiger partial charge in [-0.2, -0.15) is 0 Å². The fourth-order valence-corrected chi connectivity index (χ4v) is 4.42. The zero-order valence-corrected chi connectivity index (χ0v) is 16.6. The van der Waals surface area contributed by atoms with Crippen LogP contribution in [0.25, 0.3) is 0 Å². The molecule has 0 aliphatic carbocycles. The molecule has 1 spiro atoms. The molecule has 2 aliphatic heterocycles. The number of hydrogen-bond donors (Lipinski definition) is 1. The van der Waals surface area contributed by atoms with Gasteiger partial charge in [-0.3, -0.25) is 24.4 Å². The van der Waals surface area contributed by atoms with Gasteiger partial charge in [-0.25, -0.2) is 0 Å². The van der Waals surface area contributed by atoms with Gasteiger partial charge in [-0.05, 0) is 38.3 Å². The Balaban J connectivity index is 1.50. The summed E-state index contributed by atoms with van der Waals surface area (Å²) < 4.78 is 0. The zero-order valence-electron chi connectivity index (χ0n) is 16.6. The molecule has 29 heavy (non-hydrogen) atoms. The van der Waals surface area contributed by atoms with E-state index < -0.39 is 0 Å². The molecule has 2 aromatic heterocycles. The van der Waals surface area contributed by atoms with Crippen molar-refractivity contribution in [2.75, 3.05) is 19.6 Å². The Morgan fingerprint density at radius 3 is 2.83 bits per heavy atom. The Hall–Kier alpha value is -3.03. The molecule has 1 N–H and O–H groups in total. The van der Waals surface area contributed by atoms with Crippen LogP contribution in [0.3, 0.4) is 0 Å². The number of hydrogen-bond acceptors (Lipinski definition) is 5. The molecule has 2 amide bonds. The summed E-state index contributed by atoms with van der Waals surface area (Å²) in [7, 11) is 0. The number of H-pyrrole nitrogens is 1. The highest BCUT2D eigenvalue weighted by atomic mass is 16.2. The summed E-state index contributed by atoms with van der Waals surface area (Å²) in [5, 5.41) is 0. The summed E-state index contributed by atoms with van der Waals surface area (Å²) in [4.78, 5) is 52.3. The van der Waals surface area contributed by atoms with Crippen molar-refractivity contribution in [2.24, 2.45) is 5.41 Å². The number of likely N-dealkylation sites (tertiary alicyclic amines) is 2. The SMILES string of the molecule is Cc1cnc(CN2C[C@@]3(CCCN(C(=O)c4ccc[nH]c4=O)C3)CCC2=O)cn1. The first kappa shape index (κ1) is 19.3. The van der Waals surface area contributed by atoms with E-state index in [2.05, 4.69) is 15.0 Å². The van der Waals surface area contributed by atoms with Gasteiger partial charge < -0.3 is 14.8 Å². The van der Waals surface area contributed by atoms with E-state index in [1.54, 1.807) is 29.4 Å². The number of carbonyl (C=O) groups is 2. The van der Waals surface area contributed by atoms with E-state index >= 15 is 0 Å². The summed E-state index contributed by atoms with van der Waals surface area (Å²) in [6, 6.07) is 3.23. The Morgan fingerprint density at radius 1 is 1.21 bits per heavy atom. The fourth-order valence-electron chi connectivity index (χ4n) is 4.42. The van der Waals surface area contributed by atoms with E-state index in [-0.39, 0.29) is 28.4 Å². The van der Waals surface area contributed by atoms with Gasteiger partial charge in [-0.1, -0.05) is 0 Å². The van der Waals surface area contributed by atoms with Crippen LogP contribution in [0.2, 0.25) is 0 Å². The van der Waals surface area contributed by atoms with Gasteiger partial charge in [0, 0.05) is 43.9 Å². The highest BCUT2D eigenvalue weighted by Crippen LogP contribution is 2.39. The summed E-state index contributed by atoms with van der Waals surface area (Å²) in [5.74, 6) is -0.125. The van der Waals surface area contributed by atoms with E-state index in [4.69, 9.17) is 0 Å². The average Bonchev–Trinajstić information content (AvgIpc) is 2.73. The maximum absolute atomic E-state index is 12.9. The summed E-state index contributed by atoms with van der Waals surface area (Å²) >= 11 is 0. The van der Waals surface area contributed by atoms with Crippen molar-refractivity contribution in [1.82, 2.24) is 24.8 Å². The number of aromatic amines is 1. The number of carbonyl (C=O) groups excluding carboxylic acids is 2. The second-order valence-corrected chi connectivity index (χ2v) is 8.14. The second-order valence-electron chi connectivity index (χ2n) is 8.14. The van der Waals surface area contributed by atoms with Crippen LogP contribution in [-0.4, -0.2) is 56.2 Å². The molecule has 4 heterocycles. The topological polar surface area (TPSA) is 99.3 Å². The summed E-state index contributed by atoms with van der Waals surface area (Å²) in [6.07, 6.45) is 7.99. The van der Waals surface area contributed by atoms with Crippen LogP contribution in [0.5, 0.6) is 0 Å². The highest BCUT2D eigenvalue weighted by molar-refractivity contribution is 5.94. The summed E-state index contributed by atoms with van der Waals surface area (Å²) in [5.41, 5.74) is 1.27. The van der Waals surface area contributed by atoms with Crippen molar-refractivity contribution in [1.29, 1.82) is 0 Å². The van der Waals surface area contributed by atoms with Crippen LogP contribution in [0.15, 0.2) is 35.5 Å². The monoisotopic (exact) mass is 395 g/mol. The fraction of sp³-hybridized carbons (Fsp3) is 0.476. The second kappa shape index (κ2) is 7.77. The molecule has 152 valence electrons. The van der Waals surface area contributed by atoms with Crippen LogP contribution in [0.4, 0.5) is 0 Å². The maximum atomic E-state index is 12.9. The van der Waals surface area contributed by atoms with Gasteiger partial charge in [0.2, 0.25) is 5.91 Å². The minimum absolute atomic E-state index is 0.112. The Labute approximate surface area is 169 Å². The van der Waals surface area contributed by atoms with E-state index in [9.17, 15) is 14.4 Å². The van der Waals surface area contributed by atoms with Crippen LogP contribution >= 0.6 is 0 Å². The molecule has 0 radical (unpaired) electrons. The van der Waals surface area contributed by atoms with Gasteiger partial charge in [-0.15, -0.1) is 0 Å². The van der Waals surface area contributed by atoms with Crippen molar-refractivity contribution in [3.63, 3.8) is 0 Å². The van der Waals surface area contributed by atoms with Crippen molar-refractivity contribution in [3.8, 4) is 0 Å². The lowest BCUT2D eigenvalue weighted by molar-refractivity contribution is -0.139. The molecule has 2 aliphatic rings. The molecule has 0 aromatic carbocycles. The first-order valence-electron chi connectivity index (χ1n) is 9.98. The normalized spacial score (nSPS) is 22.2. The number of amides is 2. The smallest absolute Gasteiger partial charge is 0.260 e. The van der Waals surface area contributed by atoms with Gasteiger partial charge in [0.15, 0.2) is 0 Å². The lowest BCUT2D eigenvalue weighted by Crippen LogP contribution is -2.55. The molecular formula is C21H25N5O3. The predicted octanol–water partition coefficient (Wildman–Crippen LogP) is 1.52. The third-order valence-electron chi connectivity index (χ3n) is 5.93. The standard InChI is InChI=1S/C21H25N5O3/c1-15-10-24-16(11-23-15)12-26-14-21(7-5-18(26)27)6-3-9-25(13-21)20(29)17-4-2-8-22-19(17)28/h2,4,8,10-11H,3,5-7,9,12-14H2,1H3,(H,22,28)/t21-/m0/s1. The number of nitrogens with zero attached hydrogens (tertiary/aromatic N) is 4. The number of aryl methyl sites for hydroxylation is 1. The molecule has 0 unspecified atom stereocenters. The molecule has 2 fully saturated rings. The zero-order chi connectivity index (χ0) is 20.4. The summed E-state index contributed by atoms with van der Waals surface area (Å²) in [6.45, 7) is 4.09. The largest absolute Gasteiger partial charge is 0.338 e. The Bertz CT molecular complexity index is 971. The molecule has 2 saturated heterocycles. The molecule has 4 rings (SSSR count). The Morgan fingerprint density at radius 2 is 2.07 bits per heavy atom. The van der Waals surface area contributed by atoms with Gasteiger partial charge in [0.05, 0.1) is 24.1 Å². The third-order valence-corrected chi connectivity index (χ3v) is 5.93. The van der Waals surface area contributed by atoms with Gasteiger partial charge in [0.1, 0.15) is 5.56 Å². The van der Waals surface area contributed by atoms with Crippen LogP contribution in [0.1, 0.15) is 47.4 Å². The minimum Gasteiger partial charge on any atom is -0.338 e. The number of pyridine rings is 1. The van der Waals surface area contributed by atoms with Crippen molar-refractivity contribution in [2.45, 2.75) is 39.2 Å². The molecule has 8 heteroatoms. The van der Waals surface area contributed by atoms with E-state index in [0.717, 1.165) is 30.7 Å². The Kier molecular flexibility index (Phi) is 5.17. The lowest BCUT2D eigenvalue weighted by Gasteiger charge is -2.48. The van der Waals surface area contributed by atoms with Crippen LogP contribution in [-0.2, 0) is 11.3 Å². The van der Waals surface area contributed by atoms with E-state index in [1.807, 2.05) is 11.8 Å². The van der Waals surface area contributed by atoms with Crippen molar-refractivity contribution in [3.05, 3.63) is 58.0 Å². The molecule has 0 bridgehead atoms. The van der Waals surface area contributed by atoms with E-state index in [1.165, 1.54) is 6.20 Å². The quantitative estimate of drug-likeness (QED) is 0.849. The van der Waals surface area contributed by atoms with Crippen LogP contribution in [0, 0.1) is 12.3 Å². The number of nitrogens with one attached hydrogen (secondary N) is 1. The molecular weight excluding hydrogens is 370 g/mol. The van der Waals surface area contributed by atoms with Gasteiger partial charge in [0.25, 0.3) is 11.5 Å². The predicted molar refractivity (Wildman–Crippen MR) is 106 cm³/mol. The highest BCUT2D eigenvalue weighted by Gasteiger charge is 2.43. The minimum atomic E-state index is -0.365. The molecule has 1 atom stereocenters. The number of aromatic nitrogens is 3. The van der Waals surface area contributed by atoms with Crippen molar-refractivity contribution < 1.29 is 9.59 Å². The number of rotatable bonds is 3. The van der Waals surface area contributed by atoms with Gasteiger partial charge >= 0.3 is 0 Å². The first-order chi connectivity index (χ1) is 14.0. The maximum Gasteiger partial charge on any atom is 0.260 e. The molecule has 0 saturated carbocycles. The number of piperidine rings is 2. The third kappa shape index (κ3) is 4.06. The van der Waals surface area contributed by atoms with Crippen molar-refractivity contribution >= 4 is 11.8 Å². The first-order valence-corrected chi connectivity index (χ1v) is 9.98. The van der Waals surface area contributed by atoms with E-state index in [0.29, 0.717) is 32.6 Å². The van der Waals surface area contributed by atoms with Crippen LogP contribution < -0.4 is 5.56 Å². The average molecular weight is 395 g/mol. The lowest BCUT2D eigenvalue weighted by atomic mass is 9.73.